The van der Waals surface area contributed by atoms with E-state index in [-0.39, 0.29) is 17.6 Å². The average molecular weight is 483 g/mol. The van der Waals surface area contributed by atoms with Crippen LogP contribution in [0.15, 0.2) is 60.7 Å². The van der Waals surface area contributed by atoms with Crippen LogP contribution in [0.5, 0.6) is 11.5 Å². The molecule has 11 heteroatoms. The number of methoxy groups -OCH3 is 1. The Morgan fingerprint density at radius 3 is 2.24 bits per heavy atom. The fraction of sp³-hybridized carbons (Fsp3) is 0.304. The summed E-state index contributed by atoms with van der Waals surface area (Å²) < 4.78 is 55.8. The molecular formula is C23H24F3NO7. The number of hydrogen-bond donors (Lipinski definition) is 3. The van der Waals surface area contributed by atoms with Crippen molar-refractivity contribution in [3.8, 4) is 11.5 Å². The summed E-state index contributed by atoms with van der Waals surface area (Å²) in [6, 6.07) is 12.7. The summed E-state index contributed by atoms with van der Waals surface area (Å²) in [5.74, 6) is -2.24. The number of alkyl halides is 3. The summed E-state index contributed by atoms with van der Waals surface area (Å²) in [7, 11) is 1.32. The largest absolute Gasteiger partial charge is 0.493 e. The third kappa shape index (κ3) is 8.41. The maximum Gasteiger partial charge on any atom is 0.416 e. The minimum absolute atomic E-state index is 0.0320. The van der Waals surface area contributed by atoms with Gasteiger partial charge in [0.25, 0.3) is 0 Å². The van der Waals surface area contributed by atoms with Crippen LogP contribution in [0, 0.1) is 0 Å². The number of morpholine rings is 1. The minimum atomic E-state index is -4.44. The second kappa shape index (κ2) is 12.6. The SMILES string of the molecule is COc1cc(C(F)(F)F)ccc1O[C@@H](c1ccccc1)[C@@H]1CNCCO1.O=C(O)C=CC(=O)O. The van der Waals surface area contributed by atoms with Crippen LogP contribution in [-0.2, 0) is 20.5 Å². The van der Waals surface area contributed by atoms with E-state index in [1.54, 1.807) is 0 Å². The first-order valence-corrected chi connectivity index (χ1v) is 10.0. The predicted molar refractivity (Wildman–Crippen MR) is 115 cm³/mol. The summed E-state index contributed by atoms with van der Waals surface area (Å²) >= 11 is 0. The van der Waals surface area contributed by atoms with Crippen LogP contribution < -0.4 is 14.8 Å². The van der Waals surface area contributed by atoms with Crippen LogP contribution in [0.4, 0.5) is 13.2 Å². The molecule has 0 radical (unpaired) electrons. The number of carboxylic acids is 2. The van der Waals surface area contributed by atoms with Crippen LogP contribution in [0.25, 0.3) is 0 Å². The van der Waals surface area contributed by atoms with Crippen molar-refractivity contribution in [2.24, 2.45) is 0 Å². The van der Waals surface area contributed by atoms with Gasteiger partial charge in [-0.05, 0) is 23.8 Å². The Morgan fingerprint density at radius 2 is 1.74 bits per heavy atom. The van der Waals surface area contributed by atoms with Gasteiger partial charge in [-0.2, -0.15) is 13.2 Å². The zero-order valence-corrected chi connectivity index (χ0v) is 18.1. The lowest BCUT2D eigenvalue weighted by Crippen LogP contribution is -2.43. The van der Waals surface area contributed by atoms with E-state index >= 15 is 0 Å². The number of ether oxygens (including phenoxy) is 3. The first-order chi connectivity index (χ1) is 16.1. The van der Waals surface area contributed by atoms with Crippen molar-refractivity contribution >= 4 is 11.9 Å². The van der Waals surface area contributed by atoms with Crippen LogP contribution in [0.3, 0.4) is 0 Å². The van der Waals surface area contributed by atoms with E-state index in [9.17, 15) is 22.8 Å². The summed E-state index contributed by atoms with van der Waals surface area (Å²) in [6.07, 6.45) is -4.07. The molecule has 1 aliphatic rings. The maximum atomic E-state index is 12.9. The number of rotatable bonds is 7. The Hall–Kier alpha value is -3.57. The molecule has 1 aliphatic heterocycles. The van der Waals surface area contributed by atoms with Crippen molar-refractivity contribution in [2.45, 2.75) is 18.4 Å². The van der Waals surface area contributed by atoms with Crippen LogP contribution in [-0.4, -0.2) is 55.1 Å². The topological polar surface area (TPSA) is 114 Å². The van der Waals surface area contributed by atoms with Crippen LogP contribution >= 0.6 is 0 Å². The number of benzene rings is 2. The highest BCUT2D eigenvalue weighted by molar-refractivity contribution is 5.89. The van der Waals surface area contributed by atoms with E-state index in [1.165, 1.54) is 13.2 Å². The third-order valence-corrected chi connectivity index (χ3v) is 4.54. The number of carbonyl (C=O) groups is 2. The van der Waals surface area contributed by atoms with Crippen LogP contribution in [0.2, 0.25) is 0 Å². The number of aliphatic carboxylic acids is 2. The molecule has 3 rings (SSSR count). The smallest absolute Gasteiger partial charge is 0.416 e. The fourth-order valence-corrected chi connectivity index (χ4v) is 3.00. The molecule has 8 nitrogen and oxygen atoms in total. The Labute approximate surface area is 193 Å². The number of nitrogens with one attached hydrogen (secondary N) is 1. The molecule has 34 heavy (non-hydrogen) atoms. The van der Waals surface area contributed by atoms with Crippen molar-refractivity contribution in [3.63, 3.8) is 0 Å². The molecule has 2 aromatic carbocycles. The molecule has 1 heterocycles. The molecule has 2 aromatic rings. The Morgan fingerprint density at radius 1 is 1.09 bits per heavy atom. The van der Waals surface area contributed by atoms with Gasteiger partial charge in [-0.25, -0.2) is 9.59 Å². The quantitative estimate of drug-likeness (QED) is 0.513. The molecule has 0 saturated carbocycles. The molecule has 0 amide bonds. The molecule has 0 spiro atoms. The normalized spacial score (nSPS) is 16.8. The summed E-state index contributed by atoms with van der Waals surface area (Å²) in [5.41, 5.74) is 0.0942. The van der Waals surface area contributed by atoms with E-state index in [0.29, 0.717) is 25.3 Å². The second-order valence-electron chi connectivity index (χ2n) is 6.94. The van der Waals surface area contributed by atoms with E-state index in [0.717, 1.165) is 24.2 Å². The van der Waals surface area contributed by atoms with Gasteiger partial charge in [-0.3, -0.25) is 0 Å². The van der Waals surface area contributed by atoms with Gasteiger partial charge in [0.2, 0.25) is 0 Å². The van der Waals surface area contributed by atoms with E-state index in [2.05, 4.69) is 5.32 Å². The van der Waals surface area contributed by atoms with Gasteiger partial charge < -0.3 is 29.7 Å². The summed E-state index contributed by atoms with van der Waals surface area (Å²) in [5, 5.41) is 18.9. The van der Waals surface area contributed by atoms with E-state index in [4.69, 9.17) is 24.4 Å². The molecule has 2 atom stereocenters. The van der Waals surface area contributed by atoms with Gasteiger partial charge in [0.05, 0.1) is 19.3 Å². The molecule has 184 valence electrons. The first kappa shape index (κ1) is 26.7. The van der Waals surface area contributed by atoms with Crippen molar-refractivity contribution < 1.29 is 47.2 Å². The highest BCUT2D eigenvalue weighted by Gasteiger charge is 2.33. The van der Waals surface area contributed by atoms with Crippen LogP contribution in [0.1, 0.15) is 17.2 Å². The van der Waals surface area contributed by atoms with Crippen molar-refractivity contribution in [1.29, 1.82) is 0 Å². The number of carboxylic acid groups (broad SMARTS) is 2. The molecular weight excluding hydrogens is 459 g/mol. The maximum absolute atomic E-state index is 12.9. The van der Waals surface area contributed by atoms with Gasteiger partial charge >= 0.3 is 18.1 Å². The highest BCUT2D eigenvalue weighted by atomic mass is 19.4. The zero-order valence-electron chi connectivity index (χ0n) is 18.1. The molecule has 0 unspecified atom stereocenters. The molecule has 0 aromatic heterocycles. The van der Waals surface area contributed by atoms with Crippen molar-refractivity contribution in [3.05, 3.63) is 71.8 Å². The highest BCUT2D eigenvalue weighted by Crippen LogP contribution is 2.38. The average Bonchev–Trinajstić information content (AvgIpc) is 2.82. The molecule has 0 bridgehead atoms. The minimum Gasteiger partial charge on any atom is -0.493 e. The lowest BCUT2D eigenvalue weighted by molar-refractivity contribution is -0.137. The lowest BCUT2D eigenvalue weighted by atomic mass is 10.0. The lowest BCUT2D eigenvalue weighted by Gasteiger charge is -2.32. The summed E-state index contributed by atoms with van der Waals surface area (Å²) in [6.45, 7) is 1.88. The molecule has 0 aliphatic carbocycles. The molecule has 1 saturated heterocycles. The van der Waals surface area contributed by atoms with Gasteiger partial charge in [-0.1, -0.05) is 30.3 Å². The zero-order chi connectivity index (χ0) is 25.1. The third-order valence-electron chi connectivity index (χ3n) is 4.54. The monoisotopic (exact) mass is 483 g/mol. The standard InChI is InChI=1S/C19H20F3NO3.C4H4O4/c1-24-16-11-14(19(20,21)22)7-8-15(16)26-18(13-5-3-2-4-6-13)17-12-23-9-10-25-17;5-3(6)1-2-4(7)8/h2-8,11,17-18,23H,9-10,12H2,1H3;1-2H,(H,5,6)(H,7,8)/t17-,18-;/m0./s1. The first-order valence-electron chi connectivity index (χ1n) is 10.0. The van der Waals surface area contributed by atoms with E-state index in [1.807, 2.05) is 30.3 Å². The Kier molecular flexibility index (Phi) is 9.90. The number of hydrogen-bond acceptors (Lipinski definition) is 6. The van der Waals surface area contributed by atoms with Gasteiger partial charge in [0.1, 0.15) is 6.10 Å². The molecule has 1 fully saturated rings. The van der Waals surface area contributed by atoms with E-state index < -0.39 is 29.8 Å². The van der Waals surface area contributed by atoms with Gasteiger partial charge in [-0.15, -0.1) is 0 Å². The van der Waals surface area contributed by atoms with Gasteiger partial charge in [0, 0.05) is 25.2 Å². The number of halogens is 3. The predicted octanol–water partition coefficient (Wildman–Crippen LogP) is 3.53. The Balaban J connectivity index is 0.000000440. The molecule has 3 N–H and O–H groups in total. The fourth-order valence-electron chi connectivity index (χ4n) is 3.00. The second-order valence-corrected chi connectivity index (χ2v) is 6.94. The summed E-state index contributed by atoms with van der Waals surface area (Å²) in [4.78, 5) is 19.1. The van der Waals surface area contributed by atoms with Crippen molar-refractivity contribution in [2.75, 3.05) is 26.8 Å². The van der Waals surface area contributed by atoms with Crippen molar-refractivity contribution in [1.82, 2.24) is 5.32 Å². The Bertz CT molecular complexity index is 958. The van der Waals surface area contributed by atoms with Gasteiger partial charge in [0.15, 0.2) is 17.6 Å².